The van der Waals surface area contributed by atoms with E-state index in [0.717, 1.165) is 18.6 Å². The molecule has 0 aromatic carbocycles. The third-order valence-electron chi connectivity index (χ3n) is 3.47. The van der Waals surface area contributed by atoms with E-state index in [1.807, 2.05) is 32.5 Å². The zero-order valence-corrected chi connectivity index (χ0v) is 17.6. The second kappa shape index (κ2) is 13.0. The van der Waals surface area contributed by atoms with Gasteiger partial charge in [-0.05, 0) is 52.7 Å². The molecule has 0 aromatic rings. The Balaban J connectivity index is 4.30. The third-order valence-corrected chi connectivity index (χ3v) is 4.98. The number of carbonyl (C=O) groups excluding carboxylic acids is 1. The Bertz CT molecular complexity index is 373. The van der Waals surface area contributed by atoms with Crippen molar-refractivity contribution in [3.8, 4) is 0 Å². The second-order valence-electron chi connectivity index (χ2n) is 7.35. The summed E-state index contributed by atoms with van der Waals surface area (Å²) in [5, 5.41) is 9.06. The van der Waals surface area contributed by atoms with Crippen LogP contribution in [0, 0.1) is 0 Å². The highest BCUT2D eigenvalue weighted by Crippen LogP contribution is 2.34. The van der Waals surface area contributed by atoms with Crippen LogP contribution in [0.4, 0.5) is 4.79 Å². The summed E-state index contributed by atoms with van der Waals surface area (Å²) < 4.78 is 4.81. The molecule has 0 aromatic heterocycles. The van der Waals surface area contributed by atoms with Crippen molar-refractivity contribution in [2.75, 3.05) is 12.4 Å². The first-order chi connectivity index (χ1) is 11.2. The number of halogens is 1. The van der Waals surface area contributed by atoms with Gasteiger partial charge in [0.2, 0.25) is 0 Å². The summed E-state index contributed by atoms with van der Waals surface area (Å²) in [6, 6.07) is 0. The molecule has 0 fully saturated rings. The summed E-state index contributed by atoms with van der Waals surface area (Å²) in [6.45, 7) is 10.8. The highest BCUT2D eigenvalue weighted by molar-refractivity contribution is 8.00. The molecule has 1 unspecified atom stereocenters. The van der Waals surface area contributed by atoms with E-state index >= 15 is 0 Å². The number of carbonyl (C=O) groups is 1. The molecule has 0 heterocycles. The molecule has 0 saturated carbocycles. The Labute approximate surface area is 157 Å². The van der Waals surface area contributed by atoms with Crippen molar-refractivity contribution in [1.29, 1.82) is 0 Å². The Morgan fingerprint density at radius 1 is 1.00 bits per heavy atom. The molecule has 6 heteroatoms. The van der Waals surface area contributed by atoms with Crippen molar-refractivity contribution in [2.24, 2.45) is 10.2 Å². The van der Waals surface area contributed by atoms with Gasteiger partial charge in [0.25, 0.3) is 0 Å². The normalized spacial score (nSPS) is 14.8. The van der Waals surface area contributed by atoms with E-state index in [1.165, 1.54) is 38.5 Å². The van der Waals surface area contributed by atoms with Crippen LogP contribution in [-0.4, -0.2) is 28.2 Å². The molecule has 0 aliphatic rings. The molecule has 0 N–H and O–H groups in total. The molecule has 0 bridgehead atoms. The Kier molecular flexibility index (Phi) is 12.8. The Morgan fingerprint density at radius 3 is 2.21 bits per heavy atom. The van der Waals surface area contributed by atoms with Crippen LogP contribution in [0.3, 0.4) is 0 Å². The lowest BCUT2D eigenvalue weighted by atomic mass is 10.1. The number of ether oxygens (including phenoxy) is 1. The number of nitrogens with zero attached hydrogens (tertiary/aromatic N) is 2. The van der Waals surface area contributed by atoms with Gasteiger partial charge in [-0.2, -0.15) is 10.2 Å². The van der Waals surface area contributed by atoms with Gasteiger partial charge in [-0.15, -0.1) is 11.8 Å². The molecule has 0 amide bonds. The van der Waals surface area contributed by atoms with E-state index in [-0.39, 0.29) is 10.4 Å². The Hall–Kier alpha value is -0.290. The van der Waals surface area contributed by atoms with Gasteiger partial charge in [0.15, 0.2) is 0 Å². The second-order valence-corrected chi connectivity index (χ2v) is 9.24. The minimum Gasteiger partial charge on any atom is -0.454 e. The maximum atomic E-state index is 10.6. The lowest BCUT2D eigenvalue weighted by molar-refractivity contribution is 0.170. The van der Waals surface area contributed by atoms with E-state index in [9.17, 15) is 4.79 Å². The molecule has 0 aliphatic heterocycles. The molecule has 0 spiro atoms. The summed E-state index contributed by atoms with van der Waals surface area (Å²) in [7, 11) is 0. The number of hydrogen-bond donors (Lipinski definition) is 0. The fraction of sp³-hybridized carbons (Fsp3) is 0.944. The highest BCUT2D eigenvalue weighted by atomic mass is 35.5. The highest BCUT2D eigenvalue weighted by Gasteiger charge is 2.25. The molecular formula is C18H35ClN2O2S. The number of unbranched alkanes of at least 4 members (excludes halogenated alkanes) is 5. The van der Waals surface area contributed by atoms with Gasteiger partial charge in [-0.1, -0.05) is 39.0 Å². The molecular weight excluding hydrogens is 344 g/mol. The van der Waals surface area contributed by atoms with Crippen molar-refractivity contribution in [1.82, 2.24) is 0 Å². The van der Waals surface area contributed by atoms with Gasteiger partial charge in [0, 0.05) is 11.6 Å². The van der Waals surface area contributed by atoms with Crippen molar-refractivity contribution in [2.45, 2.75) is 96.4 Å². The maximum absolute atomic E-state index is 10.6. The number of hydrogen-bond acceptors (Lipinski definition) is 5. The van der Waals surface area contributed by atoms with E-state index < -0.39 is 5.43 Å². The predicted molar refractivity (Wildman–Crippen MR) is 105 cm³/mol. The van der Waals surface area contributed by atoms with Gasteiger partial charge < -0.3 is 4.74 Å². The minimum atomic E-state index is -0.743. The topological polar surface area (TPSA) is 51.0 Å². The van der Waals surface area contributed by atoms with Gasteiger partial charge in [0.05, 0.1) is 12.1 Å². The van der Waals surface area contributed by atoms with Crippen molar-refractivity contribution >= 4 is 28.8 Å². The van der Waals surface area contributed by atoms with Crippen LogP contribution in [0.1, 0.15) is 86.0 Å². The maximum Gasteiger partial charge on any atom is 0.403 e. The quantitative estimate of drug-likeness (QED) is 0.193. The SMILES string of the molecule is CCCCCCCCSC(C)(CCCOC(=O)Cl)/N=N/C(C)(C)C. The van der Waals surface area contributed by atoms with Crippen LogP contribution in [0.2, 0.25) is 0 Å². The first-order valence-electron chi connectivity index (χ1n) is 9.09. The van der Waals surface area contributed by atoms with Crippen LogP contribution in [-0.2, 0) is 4.74 Å². The smallest absolute Gasteiger partial charge is 0.403 e. The largest absolute Gasteiger partial charge is 0.454 e. The fourth-order valence-corrected chi connectivity index (χ4v) is 3.39. The van der Waals surface area contributed by atoms with Crippen molar-refractivity contribution in [3.63, 3.8) is 0 Å². The van der Waals surface area contributed by atoms with Gasteiger partial charge in [-0.25, -0.2) is 4.79 Å². The van der Waals surface area contributed by atoms with Crippen molar-refractivity contribution < 1.29 is 9.53 Å². The van der Waals surface area contributed by atoms with E-state index in [0.29, 0.717) is 6.61 Å². The lowest BCUT2D eigenvalue weighted by Crippen LogP contribution is -2.20. The first-order valence-corrected chi connectivity index (χ1v) is 10.5. The van der Waals surface area contributed by atoms with Gasteiger partial charge >= 0.3 is 5.43 Å². The number of rotatable bonds is 13. The zero-order chi connectivity index (χ0) is 18.5. The monoisotopic (exact) mass is 378 g/mol. The average molecular weight is 379 g/mol. The molecule has 24 heavy (non-hydrogen) atoms. The van der Waals surface area contributed by atoms with E-state index in [1.54, 1.807) is 0 Å². The van der Waals surface area contributed by atoms with Gasteiger partial charge in [-0.3, -0.25) is 0 Å². The molecule has 142 valence electrons. The summed E-state index contributed by atoms with van der Waals surface area (Å²) in [5.41, 5.74) is -0.919. The van der Waals surface area contributed by atoms with Crippen LogP contribution in [0.25, 0.3) is 0 Å². The average Bonchev–Trinajstić information content (AvgIpc) is 2.48. The lowest BCUT2D eigenvalue weighted by Gasteiger charge is -2.25. The number of thioether (sulfide) groups is 1. The van der Waals surface area contributed by atoms with Crippen LogP contribution >= 0.6 is 23.4 Å². The molecule has 0 saturated heterocycles. The predicted octanol–water partition coefficient (Wildman–Crippen LogP) is 7.20. The van der Waals surface area contributed by atoms with Gasteiger partial charge in [0.1, 0.15) is 4.87 Å². The summed E-state index contributed by atoms with van der Waals surface area (Å²) in [4.78, 5) is 10.4. The summed E-state index contributed by atoms with van der Waals surface area (Å²) in [5.74, 6) is 1.08. The summed E-state index contributed by atoms with van der Waals surface area (Å²) >= 11 is 7.05. The molecule has 4 nitrogen and oxygen atoms in total. The van der Waals surface area contributed by atoms with E-state index in [4.69, 9.17) is 16.3 Å². The van der Waals surface area contributed by atoms with Crippen molar-refractivity contribution in [3.05, 3.63) is 0 Å². The molecule has 0 aliphatic carbocycles. The van der Waals surface area contributed by atoms with E-state index in [2.05, 4.69) is 24.1 Å². The Morgan fingerprint density at radius 2 is 1.62 bits per heavy atom. The minimum absolute atomic E-state index is 0.176. The zero-order valence-electron chi connectivity index (χ0n) is 16.1. The third kappa shape index (κ3) is 15.3. The first kappa shape index (κ1) is 23.7. The van der Waals surface area contributed by atoms with Crippen LogP contribution in [0.15, 0.2) is 10.2 Å². The van der Waals surface area contributed by atoms with Crippen LogP contribution in [0.5, 0.6) is 0 Å². The number of azo groups is 1. The molecule has 0 rings (SSSR count). The van der Waals surface area contributed by atoms with Crippen LogP contribution < -0.4 is 0 Å². The summed E-state index contributed by atoms with van der Waals surface area (Å²) in [6.07, 6.45) is 9.33. The fourth-order valence-electron chi connectivity index (χ4n) is 2.13. The molecule has 1 atom stereocenters. The standard InChI is InChI=1S/C18H35ClN2O2S/c1-6-7-8-9-10-11-15-24-18(5,21-20-17(2,3)4)13-12-14-23-16(19)22/h6-15H2,1-5H3/b21-20+. The molecule has 0 radical (unpaired) electrons.